The van der Waals surface area contributed by atoms with Crippen LogP contribution in [-0.2, 0) is 0 Å². The molecule has 0 bridgehead atoms. The van der Waals surface area contributed by atoms with E-state index in [0.29, 0.717) is 12.1 Å². The lowest BCUT2D eigenvalue weighted by Gasteiger charge is -2.47. The van der Waals surface area contributed by atoms with E-state index in [-0.39, 0.29) is 6.03 Å². The number of nitrogens with one attached hydrogen (secondary N) is 1. The van der Waals surface area contributed by atoms with Gasteiger partial charge in [0.15, 0.2) is 0 Å². The Morgan fingerprint density at radius 1 is 0.895 bits per heavy atom. The SMILES string of the molecule is O=C(NC1CCCCC1)N1CC(N2CCCCC2)C1. The number of hydrogen-bond acceptors (Lipinski definition) is 2. The van der Waals surface area contributed by atoms with Crippen LogP contribution in [0.2, 0.25) is 0 Å². The molecule has 2 amide bonds. The maximum Gasteiger partial charge on any atom is 0.317 e. The van der Waals surface area contributed by atoms with Crippen molar-refractivity contribution in [2.45, 2.75) is 63.5 Å². The first-order valence-electron chi connectivity index (χ1n) is 8.12. The minimum atomic E-state index is 0.181. The standard InChI is InChI=1S/C15H27N3O/c19-15(16-13-7-3-1-4-8-13)18-11-14(12-18)17-9-5-2-6-10-17/h13-14H,1-12H2,(H,16,19). The summed E-state index contributed by atoms with van der Waals surface area (Å²) in [4.78, 5) is 16.7. The highest BCUT2D eigenvalue weighted by atomic mass is 16.2. The zero-order valence-electron chi connectivity index (χ0n) is 11.9. The van der Waals surface area contributed by atoms with Gasteiger partial charge in [0.25, 0.3) is 0 Å². The van der Waals surface area contributed by atoms with Crippen LogP contribution in [-0.4, -0.2) is 54.1 Å². The maximum atomic E-state index is 12.1. The van der Waals surface area contributed by atoms with Crippen LogP contribution in [0, 0.1) is 0 Å². The molecular weight excluding hydrogens is 238 g/mol. The Bertz CT molecular complexity index is 303. The van der Waals surface area contributed by atoms with Gasteiger partial charge in [-0.15, -0.1) is 0 Å². The topological polar surface area (TPSA) is 35.6 Å². The van der Waals surface area contributed by atoms with Crippen LogP contribution in [0.4, 0.5) is 4.79 Å². The van der Waals surface area contributed by atoms with Crippen molar-refractivity contribution in [3.63, 3.8) is 0 Å². The Kier molecular flexibility index (Phi) is 4.26. The van der Waals surface area contributed by atoms with Gasteiger partial charge in [0, 0.05) is 25.2 Å². The molecule has 0 spiro atoms. The summed E-state index contributed by atoms with van der Waals surface area (Å²) in [5.41, 5.74) is 0. The molecule has 4 heteroatoms. The lowest BCUT2D eigenvalue weighted by Crippen LogP contribution is -2.64. The molecule has 0 aromatic rings. The molecule has 3 fully saturated rings. The van der Waals surface area contributed by atoms with Gasteiger partial charge in [-0.2, -0.15) is 0 Å². The number of amides is 2. The predicted molar refractivity (Wildman–Crippen MR) is 76.2 cm³/mol. The van der Waals surface area contributed by atoms with Gasteiger partial charge in [-0.3, -0.25) is 4.90 Å². The van der Waals surface area contributed by atoms with Crippen LogP contribution in [0.25, 0.3) is 0 Å². The molecule has 2 aliphatic heterocycles. The van der Waals surface area contributed by atoms with Crippen molar-refractivity contribution < 1.29 is 4.79 Å². The quantitative estimate of drug-likeness (QED) is 0.831. The first kappa shape index (κ1) is 13.2. The Morgan fingerprint density at radius 2 is 1.53 bits per heavy atom. The van der Waals surface area contributed by atoms with E-state index in [1.165, 1.54) is 64.5 Å². The van der Waals surface area contributed by atoms with Gasteiger partial charge in [0.05, 0.1) is 0 Å². The maximum absolute atomic E-state index is 12.1. The van der Waals surface area contributed by atoms with Crippen molar-refractivity contribution in [1.29, 1.82) is 0 Å². The van der Waals surface area contributed by atoms with E-state index in [9.17, 15) is 4.79 Å². The van der Waals surface area contributed by atoms with Crippen molar-refractivity contribution >= 4 is 6.03 Å². The summed E-state index contributed by atoms with van der Waals surface area (Å²) in [7, 11) is 0. The van der Waals surface area contributed by atoms with E-state index >= 15 is 0 Å². The Labute approximate surface area is 116 Å². The summed E-state index contributed by atoms with van der Waals surface area (Å²) in [6.07, 6.45) is 10.3. The largest absolute Gasteiger partial charge is 0.335 e. The Morgan fingerprint density at radius 3 is 2.21 bits per heavy atom. The molecule has 2 heterocycles. The fourth-order valence-electron chi connectivity index (χ4n) is 3.65. The lowest BCUT2D eigenvalue weighted by molar-refractivity contribution is 0.0438. The molecule has 0 aromatic carbocycles. The van der Waals surface area contributed by atoms with E-state index in [2.05, 4.69) is 10.2 Å². The third-order valence-corrected chi connectivity index (χ3v) is 4.99. The fourth-order valence-corrected chi connectivity index (χ4v) is 3.65. The second kappa shape index (κ2) is 6.12. The van der Waals surface area contributed by atoms with Crippen LogP contribution in [0.5, 0.6) is 0 Å². The number of carbonyl (C=O) groups excluding carboxylic acids is 1. The van der Waals surface area contributed by atoms with Crippen molar-refractivity contribution in [1.82, 2.24) is 15.1 Å². The van der Waals surface area contributed by atoms with Gasteiger partial charge in [0.1, 0.15) is 0 Å². The summed E-state index contributed by atoms with van der Waals surface area (Å²) >= 11 is 0. The van der Waals surface area contributed by atoms with Crippen molar-refractivity contribution in [3.05, 3.63) is 0 Å². The van der Waals surface area contributed by atoms with Gasteiger partial charge < -0.3 is 10.2 Å². The van der Waals surface area contributed by atoms with E-state index in [4.69, 9.17) is 0 Å². The summed E-state index contributed by atoms with van der Waals surface area (Å²) < 4.78 is 0. The molecular formula is C15H27N3O. The molecule has 0 radical (unpaired) electrons. The summed E-state index contributed by atoms with van der Waals surface area (Å²) in [5.74, 6) is 0. The van der Waals surface area contributed by atoms with Crippen molar-refractivity contribution in [2.75, 3.05) is 26.2 Å². The van der Waals surface area contributed by atoms with Gasteiger partial charge in [-0.05, 0) is 38.8 Å². The molecule has 0 aromatic heterocycles. The third kappa shape index (κ3) is 3.22. The molecule has 0 unspecified atom stereocenters. The van der Waals surface area contributed by atoms with E-state index < -0.39 is 0 Å². The third-order valence-electron chi connectivity index (χ3n) is 4.99. The highest BCUT2D eigenvalue weighted by molar-refractivity contribution is 5.75. The Hall–Kier alpha value is -0.770. The second-order valence-corrected chi connectivity index (χ2v) is 6.44. The summed E-state index contributed by atoms with van der Waals surface area (Å²) in [6.45, 7) is 4.36. The number of hydrogen-bond donors (Lipinski definition) is 1. The normalized spacial score (nSPS) is 27.1. The highest BCUT2D eigenvalue weighted by Gasteiger charge is 2.35. The minimum Gasteiger partial charge on any atom is -0.335 e. The van der Waals surface area contributed by atoms with Crippen molar-refractivity contribution in [3.8, 4) is 0 Å². The molecule has 3 aliphatic rings. The van der Waals surface area contributed by atoms with Gasteiger partial charge in [-0.25, -0.2) is 4.79 Å². The molecule has 19 heavy (non-hydrogen) atoms. The molecule has 1 aliphatic carbocycles. The van der Waals surface area contributed by atoms with E-state index in [1.54, 1.807) is 0 Å². The summed E-state index contributed by atoms with van der Waals surface area (Å²) in [5, 5.41) is 3.21. The first-order chi connectivity index (χ1) is 9.33. The molecule has 1 saturated carbocycles. The van der Waals surface area contributed by atoms with Crippen LogP contribution >= 0.6 is 0 Å². The van der Waals surface area contributed by atoms with Crippen molar-refractivity contribution in [2.24, 2.45) is 0 Å². The lowest BCUT2D eigenvalue weighted by atomic mass is 9.95. The zero-order chi connectivity index (χ0) is 13.1. The fraction of sp³-hybridized carbons (Fsp3) is 0.933. The van der Waals surface area contributed by atoms with Crippen LogP contribution in [0.1, 0.15) is 51.4 Å². The molecule has 1 N–H and O–H groups in total. The average Bonchev–Trinajstić information content (AvgIpc) is 2.39. The molecule has 4 nitrogen and oxygen atoms in total. The first-order valence-corrected chi connectivity index (χ1v) is 8.12. The van der Waals surface area contributed by atoms with Gasteiger partial charge in [0.2, 0.25) is 0 Å². The summed E-state index contributed by atoms with van der Waals surface area (Å²) in [6, 6.07) is 1.26. The second-order valence-electron chi connectivity index (χ2n) is 6.44. The number of rotatable bonds is 2. The monoisotopic (exact) mass is 265 g/mol. The molecule has 108 valence electrons. The number of urea groups is 1. The van der Waals surface area contributed by atoms with Gasteiger partial charge in [-0.1, -0.05) is 25.7 Å². The molecule has 0 atom stereocenters. The van der Waals surface area contributed by atoms with E-state index in [1.807, 2.05) is 4.90 Å². The highest BCUT2D eigenvalue weighted by Crippen LogP contribution is 2.21. The van der Waals surface area contributed by atoms with Crippen LogP contribution < -0.4 is 5.32 Å². The number of piperidine rings is 1. The van der Waals surface area contributed by atoms with E-state index in [0.717, 1.165) is 13.1 Å². The van der Waals surface area contributed by atoms with Gasteiger partial charge >= 0.3 is 6.03 Å². The number of nitrogens with zero attached hydrogens (tertiary/aromatic N) is 2. The zero-order valence-corrected chi connectivity index (χ0v) is 11.9. The molecule has 2 saturated heterocycles. The van der Waals surface area contributed by atoms with Crippen LogP contribution in [0.3, 0.4) is 0 Å². The number of likely N-dealkylation sites (tertiary alicyclic amines) is 2. The smallest absolute Gasteiger partial charge is 0.317 e. The molecule has 3 rings (SSSR count). The Balaban J connectivity index is 1.38. The van der Waals surface area contributed by atoms with Crippen LogP contribution in [0.15, 0.2) is 0 Å². The average molecular weight is 265 g/mol. The number of carbonyl (C=O) groups is 1. The minimum absolute atomic E-state index is 0.181. The predicted octanol–water partition coefficient (Wildman–Crippen LogP) is 2.20.